The predicted octanol–water partition coefficient (Wildman–Crippen LogP) is 3.60. The Bertz CT molecular complexity index is 724. The maximum absolute atomic E-state index is 6.05. The third-order valence-corrected chi connectivity index (χ3v) is 4.53. The van der Waals surface area contributed by atoms with Gasteiger partial charge >= 0.3 is 0 Å². The molecular weight excluding hydrogens is 254 g/mol. The summed E-state index contributed by atoms with van der Waals surface area (Å²) in [6.07, 6.45) is 1.09. The molecule has 0 bridgehead atoms. The van der Waals surface area contributed by atoms with Gasteiger partial charge in [0.25, 0.3) is 0 Å². The summed E-state index contributed by atoms with van der Waals surface area (Å²) in [5, 5.41) is 0. The van der Waals surface area contributed by atoms with Crippen LogP contribution >= 0.6 is 11.3 Å². The number of fused-ring (bicyclic) bond motifs is 1. The summed E-state index contributed by atoms with van der Waals surface area (Å²) in [7, 11) is 0. The molecule has 0 aliphatic carbocycles. The Hall–Kier alpha value is -1.81. The fourth-order valence-electron chi connectivity index (χ4n) is 2.28. The highest BCUT2D eigenvalue weighted by atomic mass is 32.1. The second-order valence-corrected chi connectivity index (χ2v) is 6.02. The molecule has 3 nitrogen and oxygen atoms in total. The van der Waals surface area contributed by atoms with E-state index < -0.39 is 0 Å². The lowest BCUT2D eigenvalue weighted by atomic mass is 10.2. The molecule has 2 heterocycles. The van der Waals surface area contributed by atoms with Crippen molar-refractivity contribution in [3.63, 3.8) is 0 Å². The molecule has 0 saturated carbocycles. The Kier molecular flexibility index (Phi) is 3.03. The minimum absolute atomic E-state index is 0.590. The Balaban J connectivity index is 2.02. The van der Waals surface area contributed by atoms with Gasteiger partial charge in [0.05, 0.1) is 17.6 Å². The van der Waals surface area contributed by atoms with E-state index in [1.165, 1.54) is 15.3 Å². The van der Waals surface area contributed by atoms with E-state index in [1.807, 2.05) is 11.3 Å². The van der Waals surface area contributed by atoms with Crippen molar-refractivity contribution in [3.8, 4) is 0 Å². The lowest BCUT2D eigenvalue weighted by Gasteiger charge is -2.04. The van der Waals surface area contributed by atoms with Crippen molar-refractivity contribution in [2.24, 2.45) is 0 Å². The lowest BCUT2D eigenvalue weighted by Crippen LogP contribution is -2.03. The first-order chi connectivity index (χ1) is 9.17. The number of thiophene rings is 1. The van der Waals surface area contributed by atoms with Crippen LogP contribution in [0.1, 0.15) is 22.2 Å². The highest BCUT2D eigenvalue weighted by Crippen LogP contribution is 2.23. The Morgan fingerprint density at radius 2 is 2.00 bits per heavy atom. The van der Waals surface area contributed by atoms with Crippen LogP contribution in [-0.2, 0) is 13.0 Å². The molecule has 2 N–H and O–H groups in total. The van der Waals surface area contributed by atoms with Gasteiger partial charge in [0.1, 0.15) is 0 Å². The summed E-state index contributed by atoms with van der Waals surface area (Å²) in [5.41, 5.74) is 9.34. The number of anilines is 1. The average molecular weight is 271 g/mol. The standard InChI is InChI=1S/C15H17N3S/c1-3-11-5-6-12(19-11)9-18-14-7-4-10(2)8-13(14)17-15(18)16/h4-8H,3,9H2,1-2H3,(H2,16,17). The number of nitrogens with zero attached hydrogens (tertiary/aromatic N) is 2. The van der Waals surface area contributed by atoms with E-state index in [4.69, 9.17) is 5.73 Å². The summed E-state index contributed by atoms with van der Waals surface area (Å²) in [6, 6.07) is 10.7. The largest absolute Gasteiger partial charge is 0.369 e. The number of rotatable bonds is 3. The number of hydrogen-bond donors (Lipinski definition) is 1. The number of aromatic nitrogens is 2. The first-order valence-corrected chi connectivity index (χ1v) is 7.29. The minimum atomic E-state index is 0.590. The molecule has 0 saturated heterocycles. The van der Waals surface area contributed by atoms with Crippen LogP contribution in [0.15, 0.2) is 30.3 Å². The van der Waals surface area contributed by atoms with Crippen molar-refractivity contribution in [2.45, 2.75) is 26.8 Å². The lowest BCUT2D eigenvalue weighted by molar-refractivity contribution is 0.853. The van der Waals surface area contributed by atoms with Gasteiger partial charge in [-0.3, -0.25) is 0 Å². The number of nitrogen functional groups attached to an aromatic ring is 1. The third kappa shape index (κ3) is 2.24. The molecule has 0 amide bonds. The molecule has 3 aromatic rings. The zero-order valence-corrected chi connectivity index (χ0v) is 12.0. The quantitative estimate of drug-likeness (QED) is 0.791. The van der Waals surface area contributed by atoms with Gasteiger partial charge in [-0.2, -0.15) is 0 Å². The van der Waals surface area contributed by atoms with E-state index in [1.54, 1.807) is 0 Å². The SMILES string of the molecule is CCc1ccc(Cn2c(N)nc3cc(C)ccc32)s1. The minimum Gasteiger partial charge on any atom is -0.369 e. The number of hydrogen-bond acceptors (Lipinski definition) is 3. The molecule has 0 radical (unpaired) electrons. The molecule has 19 heavy (non-hydrogen) atoms. The molecule has 0 atom stereocenters. The average Bonchev–Trinajstić information content (AvgIpc) is 2.95. The topological polar surface area (TPSA) is 43.8 Å². The van der Waals surface area contributed by atoms with Crippen LogP contribution < -0.4 is 5.73 Å². The molecule has 0 fully saturated rings. The first kappa shape index (κ1) is 12.2. The van der Waals surface area contributed by atoms with Gasteiger partial charge in [-0.25, -0.2) is 4.98 Å². The van der Waals surface area contributed by atoms with Crippen molar-refractivity contribution in [2.75, 3.05) is 5.73 Å². The van der Waals surface area contributed by atoms with Crippen LogP contribution in [0, 0.1) is 6.92 Å². The molecule has 4 heteroatoms. The second-order valence-electron chi connectivity index (χ2n) is 4.77. The summed E-state index contributed by atoms with van der Waals surface area (Å²) in [4.78, 5) is 7.18. The monoisotopic (exact) mass is 271 g/mol. The van der Waals surface area contributed by atoms with Crippen LogP contribution in [0.3, 0.4) is 0 Å². The number of nitrogens with two attached hydrogens (primary N) is 1. The Labute approximate surface area is 116 Å². The molecular formula is C15H17N3S. The van der Waals surface area contributed by atoms with Gasteiger partial charge in [-0.15, -0.1) is 11.3 Å². The van der Waals surface area contributed by atoms with Gasteiger partial charge in [-0.1, -0.05) is 13.0 Å². The van der Waals surface area contributed by atoms with Crippen molar-refractivity contribution >= 4 is 28.3 Å². The normalized spacial score (nSPS) is 11.3. The second kappa shape index (κ2) is 4.70. The summed E-state index contributed by atoms with van der Waals surface area (Å²) in [6.45, 7) is 5.05. The highest BCUT2D eigenvalue weighted by Gasteiger charge is 2.09. The molecule has 98 valence electrons. The zero-order valence-electron chi connectivity index (χ0n) is 11.2. The van der Waals surface area contributed by atoms with Crippen molar-refractivity contribution < 1.29 is 0 Å². The molecule has 2 aromatic heterocycles. The predicted molar refractivity (Wildman–Crippen MR) is 81.7 cm³/mol. The molecule has 0 aliphatic heterocycles. The van der Waals surface area contributed by atoms with E-state index >= 15 is 0 Å². The smallest absolute Gasteiger partial charge is 0.201 e. The zero-order chi connectivity index (χ0) is 13.4. The maximum atomic E-state index is 6.05. The van der Waals surface area contributed by atoms with E-state index in [2.05, 4.69) is 53.7 Å². The molecule has 1 aromatic carbocycles. The molecule has 3 rings (SSSR count). The van der Waals surface area contributed by atoms with E-state index in [9.17, 15) is 0 Å². The molecule has 0 unspecified atom stereocenters. The van der Waals surface area contributed by atoms with E-state index in [0.717, 1.165) is 24.0 Å². The number of aryl methyl sites for hydroxylation is 2. The van der Waals surface area contributed by atoms with Gasteiger partial charge in [0.2, 0.25) is 5.95 Å². The molecule has 0 aliphatic rings. The van der Waals surface area contributed by atoms with Crippen LogP contribution in [0.2, 0.25) is 0 Å². The number of imidazole rings is 1. The van der Waals surface area contributed by atoms with Crippen LogP contribution in [0.5, 0.6) is 0 Å². The highest BCUT2D eigenvalue weighted by molar-refractivity contribution is 7.11. The van der Waals surface area contributed by atoms with Gasteiger partial charge in [0.15, 0.2) is 0 Å². The number of benzene rings is 1. The van der Waals surface area contributed by atoms with Crippen molar-refractivity contribution in [1.29, 1.82) is 0 Å². The van der Waals surface area contributed by atoms with Crippen LogP contribution in [-0.4, -0.2) is 9.55 Å². The fourth-order valence-corrected chi connectivity index (χ4v) is 3.22. The van der Waals surface area contributed by atoms with E-state index in [0.29, 0.717) is 5.95 Å². The van der Waals surface area contributed by atoms with Crippen molar-refractivity contribution in [1.82, 2.24) is 9.55 Å². The molecule has 0 spiro atoms. The maximum Gasteiger partial charge on any atom is 0.201 e. The fraction of sp³-hybridized carbons (Fsp3) is 0.267. The summed E-state index contributed by atoms with van der Waals surface area (Å²) >= 11 is 1.85. The summed E-state index contributed by atoms with van der Waals surface area (Å²) < 4.78 is 2.08. The van der Waals surface area contributed by atoms with E-state index in [-0.39, 0.29) is 0 Å². The Morgan fingerprint density at radius 1 is 1.21 bits per heavy atom. The summed E-state index contributed by atoms with van der Waals surface area (Å²) in [5.74, 6) is 0.590. The van der Waals surface area contributed by atoms with Gasteiger partial charge in [0, 0.05) is 9.75 Å². The first-order valence-electron chi connectivity index (χ1n) is 6.47. The van der Waals surface area contributed by atoms with Gasteiger partial charge < -0.3 is 10.3 Å². The third-order valence-electron chi connectivity index (χ3n) is 3.31. The Morgan fingerprint density at radius 3 is 2.74 bits per heavy atom. The van der Waals surface area contributed by atoms with Crippen LogP contribution in [0.4, 0.5) is 5.95 Å². The van der Waals surface area contributed by atoms with Gasteiger partial charge in [-0.05, 0) is 43.2 Å². The van der Waals surface area contributed by atoms with Crippen molar-refractivity contribution in [3.05, 3.63) is 45.6 Å². The van der Waals surface area contributed by atoms with Crippen LogP contribution in [0.25, 0.3) is 11.0 Å².